The van der Waals surface area contributed by atoms with Crippen LogP contribution < -0.4 is 4.74 Å². The number of hydrogen-bond acceptors (Lipinski definition) is 1. The number of allylic oxidation sites excluding steroid dienone is 2. The first-order valence-electron chi connectivity index (χ1n) is 12.4. The number of halogens is 2. The minimum absolute atomic E-state index is 0.232. The van der Waals surface area contributed by atoms with Gasteiger partial charge in [-0.3, -0.25) is 0 Å². The molecule has 31 heavy (non-hydrogen) atoms. The molecule has 2 aliphatic carbocycles. The molecular formula is C28H38F2O. The van der Waals surface area contributed by atoms with Gasteiger partial charge in [-0.1, -0.05) is 62.7 Å². The Bertz CT molecular complexity index is 712. The number of rotatable bonds is 8. The van der Waals surface area contributed by atoms with Crippen molar-refractivity contribution in [2.75, 3.05) is 0 Å². The van der Waals surface area contributed by atoms with Crippen molar-refractivity contribution in [1.82, 2.24) is 0 Å². The highest BCUT2D eigenvalue weighted by atomic mass is 19.3. The lowest BCUT2D eigenvalue weighted by Gasteiger charge is -2.26. The van der Waals surface area contributed by atoms with Gasteiger partial charge in [-0.15, -0.1) is 0 Å². The van der Waals surface area contributed by atoms with Gasteiger partial charge in [-0.05, 0) is 92.9 Å². The summed E-state index contributed by atoms with van der Waals surface area (Å²) in [5.74, 6) is 9.69. The molecule has 0 spiro atoms. The second kappa shape index (κ2) is 12.9. The minimum atomic E-state index is -2.76. The van der Waals surface area contributed by atoms with Gasteiger partial charge in [0.2, 0.25) is 0 Å². The Hall–Kier alpha value is -1.82. The summed E-state index contributed by atoms with van der Waals surface area (Å²) in [6.07, 6.45) is 19.9. The average molecular weight is 429 g/mol. The molecule has 3 rings (SSSR count). The molecule has 1 aromatic carbocycles. The first kappa shape index (κ1) is 23.8. The summed E-state index contributed by atoms with van der Waals surface area (Å²) in [6.45, 7) is -0.483. The zero-order chi connectivity index (χ0) is 21.9. The van der Waals surface area contributed by atoms with Gasteiger partial charge in [0.15, 0.2) is 0 Å². The molecule has 0 atom stereocenters. The Morgan fingerprint density at radius 3 is 2.32 bits per heavy atom. The van der Waals surface area contributed by atoms with Gasteiger partial charge in [0, 0.05) is 5.92 Å². The second-order valence-electron chi connectivity index (χ2n) is 9.42. The van der Waals surface area contributed by atoms with Crippen LogP contribution in [0.4, 0.5) is 8.78 Å². The third-order valence-electron chi connectivity index (χ3n) is 7.15. The molecule has 1 aromatic rings. The fourth-order valence-corrected chi connectivity index (χ4v) is 5.20. The molecule has 0 aromatic heterocycles. The first-order chi connectivity index (χ1) is 15.1. The maximum absolute atomic E-state index is 12.3. The highest BCUT2D eigenvalue weighted by molar-refractivity contribution is 5.30. The van der Waals surface area contributed by atoms with E-state index in [0.29, 0.717) is 11.8 Å². The molecule has 2 saturated carbocycles. The van der Waals surface area contributed by atoms with Crippen molar-refractivity contribution in [1.29, 1.82) is 0 Å². The largest absolute Gasteiger partial charge is 0.435 e. The van der Waals surface area contributed by atoms with Gasteiger partial charge in [0.1, 0.15) is 5.75 Å². The number of ether oxygens (including phenoxy) is 1. The number of alkyl halides is 2. The molecular weight excluding hydrogens is 390 g/mol. The van der Waals surface area contributed by atoms with E-state index in [0.717, 1.165) is 37.5 Å². The Kier molecular flexibility index (Phi) is 9.91. The van der Waals surface area contributed by atoms with Crippen LogP contribution in [-0.2, 0) is 0 Å². The molecule has 2 fully saturated rings. The van der Waals surface area contributed by atoms with E-state index < -0.39 is 6.61 Å². The van der Waals surface area contributed by atoms with Crippen molar-refractivity contribution < 1.29 is 13.5 Å². The Morgan fingerprint density at radius 2 is 1.68 bits per heavy atom. The van der Waals surface area contributed by atoms with E-state index in [2.05, 4.69) is 35.7 Å². The molecule has 0 saturated heterocycles. The Labute approximate surface area is 187 Å². The Balaban J connectivity index is 1.35. The molecule has 0 radical (unpaired) electrons. The van der Waals surface area contributed by atoms with E-state index >= 15 is 0 Å². The highest BCUT2D eigenvalue weighted by Gasteiger charge is 2.21. The lowest BCUT2D eigenvalue weighted by Crippen LogP contribution is -2.13. The zero-order valence-corrected chi connectivity index (χ0v) is 19.0. The van der Waals surface area contributed by atoms with Crippen molar-refractivity contribution in [2.45, 2.75) is 96.5 Å². The standard InChI is InChI=1S/C28H38F2O/c1-2-3-4-7-22-10-12-23(13-11-22)8-5-6-9-24-14-16-25(17-15-24)26-18-20-27(21-19-26)31-28(29)30/h5,8,18-25,28H,2-4,7,10-17H2,1H3. The van der Waals surface area contributed by atoms with E-state index in [1.807, 2.05) is 12.1 Å². The molecule has 3 heteroatoms. The van der Waals surface area contributed by atoms with E-state index in [4.69, 9.17) is 0 Å². The zero-order valence-electron chi connectivity index (χ0n) is 19.0. The van der Waals surface area contributed by atoms with Crippen LogP contribution in [0.5, 0.6) is 5.75 Å². The molecule has 0 amide bonds. The second-order valence-corrected chi connectivity index (χ2v) is 9.42. The van der Waals surface area contributed by atoms with Crippen LogP contribution in [0.15, 0.2) is 36.4 Å². The normalized spacial score (nSPS) is 26.6. The summed E-state index contributed by atoms with van der Waals surface area (Å²) in [5.41, 5.74) is 1.22. The molecule has 0 bridgehead atoms. The molecule has 2 aliphatic rings. The summed E-state index contributed by atoms with van der Waals surface area (Å²) in [4.78, 5) is 0. The van der Waals surface area contributed by atoms with Gasteiger partial charge in [0.05, 0.1) is 0 Å². The molecule has 1 nitrogen and oxygen atoms in total. The molecule has 0 heterocycles. The average Bonchev–Trinajstić information content (AvgIpc) is 2.78. The van der Waals surface area contributed by atoms with Gasteiger partial charge < -0.3 is 4.74 Å². The van der Waals surface area contributed by atoms with Crippen LogP contribution in [0, 0.1) is 29.6 Å². The summed E-state index contributed by atoms with van der Waals surface area (Å²) < 4.78 is 29.0. The predicted molar refractivity (Wildman–Crippen MR) is 124 cm³/mol. The lowest BCUT2D eigenvalue weighted by atomic mass is 9.79. The SMILES string of the molecule is CCCCCC1CCC(C=CC#CC2CCC(c3ccc(OC(F)F)cc3)CC2)CC1. The van der Waals surface area contributed by atoms with Crippen molar-refractivity contribution in [3.63, 3.8) is 0 Å². The van der Waals surface area contributed by atoms with Crippen molar-refractivity contribution in [3.05, 3.63) is 42.0 Å². The molecule has 0 N–H and O–H groups in total. The van der Waals surface area contributed by atoms with Crippen LogP contribution in [0.25, 0.3) is 0 Å². The van der Waals surface area contributed by atoms with Crippen molar-refractivity contribution >= 4 is 0 Å². The molecule has 0 unspecified atom stereocenters. The topological polar surface area (TPSA) is 9.23 Å². The fraction of sp³-hybridized carbons (Fsp3) is 0.643. The van der Waals surface area contributed by atoms with E-state index in [1.165, 1.54) is 56.9 Å². The predicted octanol–water partition coefficient (Wildman–Crippen LogP) is 8.51. The molecule has 170 valence electrons. The summed E-state index contributed by atoms with van der Waals surface area (Å²) in [7, 11) is 0. The number of hydrogen-bond donors (Lipinski definition) is 0. The smallest absolute Gasteiger partial charge is 0.387 e. The van der Waals surface area contributed by atoms with Crippen molar-refractivity contribution in [3.8, 4) is 17.6 Å². The van der Waals surface area contributed by atoms with Crippen molar-refractivity contribution in [2.24, 2.45) is 17.8 Å². The van der Waals surface area contributed by atoms with Crippen LogP contribution in [-0.4, -0.2) is 6.61 Å². The Morgan fingerprint density at radius 1 is 0.968 bits per heavy atom. The van der Waals surface area contributed by atoms with Crippen LogP contribution in [0.2, 0.25) is 0 Å². The summed E-state index contributed by atoms with van der Waals surface area (Å²) >= 11 is 0. The van der Waals surface area contributed by atoms with E-state index in [9.17, 15) is 8.78 Å². The van der Waals surface area contributed by atoms with Gasteiger partial charge in [0.25, 0.3) is 0 Å². The monoisotopic (exact) mass is 428 g/mol. The number of benzene rings is 1. The van der Waals surface area contributed by atoms with E-state index in [-0.39, 0.29) is 5.75 Å². The maximum Gasteiger partial charge on any atom is 0.387 e. The third-order valence-corrected chi connectivity index (χ3v) is 7.15. The van der Waals surface area contributed by atoms with Gasteiger partial charge in [-0.2, -0.15) is 8.78 Å². The highest BCUT2D eigenvalue weighted by Crippen LogP contribution is 2.36. The lowest BCUT2D eigenvalue weighted by molar-refractivity contribution is -0.0498. The third kappa shape index (κ3) is 8.32. The van der Waals surface area contributed by atoms with Crippen LogP contribution in [0.3, 0.4) is 0 Å². The number of unbranched alkanes of at least 4 members (excludes halogenated alkanes) is 2. The van der Waals surface area contributed by atoms with Crippen LogP contribution in [0.1, 0.15) is 95.5 Å². The maximum atomic E-state index is 12.3. The fourth-order valence-electron chi connectivity index (χ4n) is 5.20. The minimum Gasteiger partial charge on any atom is -0.435 e. The quantitative estimate of drug-likeness (QED) is 0.298. The van der Waals surface area contributed by atoms with Gasteiger partial charge >= 0.3 is 6.61 Å². The summed E-state index contributed by atoms with van der Waals surface area (Å²) in [6, 6.07) is 7.15. The molecule has 0 aliphatic heterocycles. The van der Waals surface area contributed by atoms with E-state index in [1.54, 1.807) is 12.1 Å². The van der Waals surface area contributed by atoms with Gasteiger partial charge in [-0.25, -0.2) is 0 Å². The first-order valence-corrected chi connectivity index (χ1v) is 12.4. The van der Waals surface area contributed by atoms with Crippen LogP contribution >= 0.6 is 0 Å². The summed E-state index contributed by atoms with van der Waals surface area (Å²) in [5, 5.41) is 0.